The van der Waals surface area contributed by atoms with Crippen molar-refractivity contribution in [3.63, 3.8) is 0 Å². The van der Waals surface area contributed by atoms with Gasteiger partial charge in [-0.1, -0.05) is 0 Å². The summed E-state index contributed by atoms with van der Waals surface area (Å²) in [6.07, 6.45) is -0.0162. The van der Waals surface area contributed by atoms with Crippen LogP contribution in [0.1, 0.15) is 4.88 Å². The normalized spacial score (nSPS) is 23.2. The van der Waals surface area contributed by atoms with E-state index in [-0.39, 0.29) is 12.7 Å². The summed E-state index contributed by atoms with van der Waals surface area (Å²) in [5.41, 5.74) is 0. The van der Waals surface area contributed by atoms with Crippen LogP contribution in [0, 0.1) is 0 Å². The number of ether oxygens (including phenoxy) is 1. The zero-order valence-electron chi connectivity index (χ0n) is 8.36. The Bertz CT molecular complexity index is 318. The van der Waals surface area contributed by atoms with E-state index < -0.39 is 0 Å². The monoisotopic (exact) mass is 291 g/mol. The number of morpholine rings is 1. The molecule has 0 radical (unpaired) electrons. The molecule has 0 aromatic carbocycles. The van der Waals surface area contributed by atoms with Crippen LogP contribution < -0.4 is 0 Å². The van der Waals surface area contributed by atoms with Crippen LogP contribution >= 0.6 is 27.3 Å². The van der Waals surface area contributed by atoms with E-state index in [0.717, 1.165) is 19.6 Å². The maximum Gasteiger partial charge on any atom is 0.0933 e. The molecule has 2 heterocycles. The fraction of sp³-hybridized carbons (Fsp3) is 0.600. The van der Waals surface area contributed by atoms with E-state index in [0.29, 0.717) is 6.61 Å². The van der Waals surface area contributed by atoms with Gasteiger partial charge < -0.3 is 9.84 Å². The third-order valence-corrected chi connectivity index (χ3v) is 4.40. The van der Waals surface area contributed by atoms with Gasteiger partial charge in [0, 0.05) is 29.0 Å². The predicted octanol–water partition coefficient (Wildman–Crippen LogP) is 1.70. The largest absolute Gasteiger partial charge is 0.394 e. The van der Waals surface area contributed by atoms with Crippen molar-refractivity contribution in [1.82, 2.24) is 4.90 Å². The zero-order chi connectivity index (χ0) is 10.7. The number of nitrogens with zero attached hydrogens (tertiary/aromatic N) is 1. The van der Waals surface area contributed by atoms with E-state index in [9.17, 15) is 0 Å². The lowest BCUT2D eigenvalue weighted by Gasteiger charge is -2.31. The van der Waals surface area contributed by atoms with Crippen molar-refractivity contribution < 1.29 is 9.84 Å². The van der Waals surface area contributed by atoms with Gasteiger partial charge in [0.25, 0.3) is 0 Å². The van der Waals surface area contributed by atoms with Crippen LogP contribution in [0.2, 0.25) is 0 Å². The number of halogens is 1. The van der Waals surface area contributed by atoms with E-state index >= 15 is 0 Å². The average Bonchev–Trinajstić information content (AvgIpc) is 2.65. The van der Waals surface area contributed by atoms with Gasteiger partial charge in [-0.05, 0) is 27.4 Å². The van der Waals surface area contributed by atoms with Crippen molar-refractivity contribution in [2.75, 3.05) is 26.3 Å². The predicted molar refractivity (Wildman–Crippen MR) is 64.1 cm³/mol. The number of aliphatic hydroxyl groups is 1. The summed E-state index contributed by atoms with van der Waals surface area (Å²) in [6, 6.07) is 2.07. The van der Waals surface area contributed by atoms with Crippen molar-refractivity contribution in [3.8, 4) is 0 Å². The van der Waals surface area contributed by atoms with Gasteiger partial charge in [-0.25, -0.2) is 0 Å². The van der Waals surface area contributed by atoms with E-state index in [1.54, 1.807) is 11.3 Å². The third-order valence-electron chi connectivity index (χ3n) is 2.48. The third kappa shape index (κ3) is 3.01. The van der Waals surface area contributed by atoms with Gasteiger partial charge in [-0.3, -0.25) is 4.90 Å². The summed E-state index contributed by atoms with van der Waals surface area (Å²) in [6.45, 7) is 3.54. The minimum Gasteiger partial charge on any atom is -0.394 e. The summed E-state index contributed by atoms with van der Waals surface area (Å²) in [7, 11) is 0. The fourth-order valence-electron chi connectivity index (χ4n) is 1.68. The molecule has 1 atom stereocenters. The topological polar surface area (TPSA) is 32.7 Å². The second kappa shape index (κ2) is 5.41. The van der Waals surface area contributed by atoms with Crippen LogP contribution in [-0.4, -0.2) is 42.4 Å². The molecule has 1 fully saturated rings. The van der Waals surface area contributed by atoms with Gasteiger partial charge in [0.1, 0.15) is 0 Å². The Kier molecular flexibility index (Phi) is 4.16. The Morgan fingerprint density at radius 1 is 1.67 bits per heavy atom. The van der Waals surface area contributed by atoms with Crippen LogP contribution in [-0.2, 0) is 11.3 Å². The molecule has 0 spiro atoms. The molecule has 1 N–H and O–H groups in total. The van der Waals surface area contributed by atoms with E-state index in [1.807, 2.05) is 0 Å². The van der Waals surface area contributed by atoms with Crippen LogP contribution in [0.4, 0.5) is 0 Å². The second-order valence-corrected chi connectivity index (χ2v) is 5.46. The lowest BCUT2D eigenvalue weighted by Crippen LogP contribution is -2.43. The van der Waals surface area contributed by atoms with Crippen LogP contribution in [0.25, 0.3) is 0 Å². The van der Waals surface area contributed by atoms with E-state index in [1.165, 1.54) is 9.35 Å². The van der Waals surface area contributed by atoms with Gasteiger partial charge in [-0.2, -0.15) is 0 Å². The Morgan fingerprint density at radius 3 is 3.20 bits per heavy atom. The Balaban J connectivity index is 1.92. The molecule has 1 saturated heterocycles. The molecule has 84 valence electrons. The van der Waals surface area contributed by atoms with Gasteiger partial charge in [0.05, 0.1) is 19.3 Å². The minimum atomic E-state index is -0.0162. The highest BCUT2D eigenvalue weighted by molar-refractivity contribution is 9.10. The molecule has 1 unspecified atom stereocenters. The molecule has 15 heavy (non-hydrogen) atoms. The van der Waals surface area contributed by atoms with Crippen molar-refractivity contribution >= 4 is 27.3 Å². The highest BCUT2D eigenvalue weighted by Crippen LogP contribution is 2.24. The lowest BCUT2D eigenvalue weighted by atomic mass is 10.3. The lowest BCUT2D eigenvalue weighted by molar-refractivity contribution is -0.0549. The molecule has 3 nitrogen and oxygen atoms in total. The number of rotatable bonds is 3. The average molecular weight is 292 g/mol. The Labute approximate surface area is 102 Å². The summed E-state index contributed by atoms with van der Waals surface area (Å²) in [5.74, 6) is 0. The minimum absolute atomic E-state index is 0.0162. The number of hydrogen-bond acceptors (Lipinski definition) is 4. The zero-order valence-corrected chi connectivity index (χ0v) is 10.8. The summed E-state index contributed by atoms with van der Waals surface area (Å²) >= 11 is 5.29. The summed E-state index contributed by atoms with van der Waals surface area (Å²) in [5, 5.41) is 11.1. The SMILES string of the molecule is OCC1CN(Cc2sccc2Br)CCO1. The maximum atomic E-state index is 9.03. The van der Waals surface area contributed by atoms with Crippen molar-refractivity contribution in [3.05, 3.63) is 20.8 Å². The van der Waals surface area contributed by atoms with Crippen LogP contribution in [0.5, 0.6) is 0 Å². The first-order chi connectivity index (χ1) is 7.29. The first kappa shape index (κ1) is 11.5. The van der Waals surface area contributed by atoms with Crippen LogP contribution in [0.3, 0.4) is 0 Å². The first-order valence-corrected chi connectivity index (χ1v) is 6.63. The Hall–Kier alpha value is 0.0600. The molecule has 0 aliphatic carbocycles. The molecule has 1 aromatic rings. The maximum absolute atomic E-state index is 9.03. The summed E-state index contributed by atoms with van der Waals surface area (Å²) < 4.78 is 6.59. The molecular weight excluding hydrogens is 278 g/mol. The van der Waals surface area contributed by atoms with Crippen molar-refractivity contribution in [1.29, 1.82) is 0 Å². The fourth-order valence-corrected chi connectivity index (χ4v) is 3.19. The highest BCUT2D eigenvalue weighted by Gasteiger charge is 2.20. The van der Waals surface area contributed by atoms with E-state index in [2.05, 4.69) is 32.3 Å². The van der Waals surface area contributed by atoms with E-state index in [4.69, 9.17) is 9.84 Å². The molecule has 2 rings (SSSR count). The molecular formula is C10H14BrNO2S. The molecule has 0 amide bonds. The molecule has 0 saturated carbocycles. The van der Waals surface area contributed by atoms with Gasteiger partial charge in [0.2, 0.25) is 0 Å². The number of hydrogen-bond donors (Lipinski definition) is 1. The quantitative estimate of drug-likeness (QED) is 0.920. The number of aliphatic hydroxyl groups excluding tert-OH is 1. The second-order valence-electron chi connectivity index (χ2n) is 3.60. The smallest absolute Gasteiger partial charge is 0.0933 e. The molecule has 5 heteroatoms. The van der Waals surface area contributed by atoms with Crippen LogP contribution in [0.15, 0.2) is 15.9 Å². The van der Waals surface area contributed by atoms with Gasteiger partial charge >= 0.3 is 0 Å². The standard InChI is InChI=1S/C10H14BrNO2S/c11-9-1-4-15-10(9)6-12-2-3-14-8(5-12)7-13/h1,4,8,13H,2-3,5-7H2. The molecule has 1 aliphatic rings. The molecule has 1 aromatic heterocycles. The van der Waals surface area contributed by atoms with Crippen molar-refractivity contribution in [2.24, 2.45) is 0 Å². The van der Waals surface area contributed by atoms with Gasteiger partial charge in [0.15, 0.2) is 0 Å². The van der Waals surface area contributed by atoms with Crippen molar-refractivity contribution in [2.45, 2.75) is 12.6 Å². The number of thiophene rings is 1. The first-order valence-electron chi connectivity index (χ1n) is 4.96. The van der Waals surface area contributed by atoms with Gasteiger partial charge in [-0.15, -0.1) is 11.3 Å². The highest BCUT2D eigenvalue weighted by atomic mass is 79.9. The summed E-state index contributed by atoms with van der Waals surface area (Å²) in [4.78, 5) is 3.66. The molecule has 1 aliphatic heterocycles. The Morgan fingerprint density at radius 2 is 2.53 bits per heavy atom. The molecule has 0 bridgehead atoms.